The Bertz CT molecular complexity index is 728. The molecule has 0 aromatic heterocycles. The van der Waals surface area contributed by atoms with Crippen LogP contribution in [0.15, 0.2) is 48.5 Å². The van der Waals surface area contributed by atoms with Crippen LogP contribution in [0, 0.1) is 0 Å². The molecule has 2 aromatic carbocycles. The van der Waals surface area contributed by atoms with Crippen LogP contribution in [-0.4, -0.2) is 18.4 Å². The lowest BCUT2D eigenvalue weighted by atomic mass is 10.1. The van der Waals surface area contributed by atoms with Crippen LogP contribution in [0.25, 0.3) is 0 Å². The van der Waals surface area contributed by atoms with Crippen LogP contribution in [0.3, 0.4) is 0 Å². The zero-order chi connectivity index (χ0) is 16.2. The van der Waals surface area contributed by atoms with Gasteiger partial charge in [0.1, 0.15) is 0 Å². The summed E-state index contributed by atoms with van der Waals surface area (Å²) >= 11 is 5.85. The van der Waals surface area contributed by atoms with Gasteiger partial charge >= 0.3 is 0 Å². The molecule has 1 aliphatic heterocycles. The summed E-state index contributed by atoms with van der Waals surface area (Å²) in [7, 11) is 0. The van der Waals surface area contributed by atoms with Crippen LogP contribution < -0.4 is 10.2 Å². The van der Waals surface area contributed by atoms with Gasteiger partial charge in [0, 0.05) is 18.0 Å². The molecule has 2 aromatic rings. The van der Waals surface area contributed by atoms with E-state index < -0.39 is 0 Å². The van der Waals surface area contributed by atoms with Crippen molar-refractivity contribution in [2.45, 2.75) is 19.3 Å². The van der Waals surface area contributed by atoms with Crippen molar-refractivity contribution in [1.29, 1.82) is 0 Å². The molecule has 0 atom stereocenters. The van der Waals surface area contributed by atoms with Gasteiger partial charge in [0.2, 0.25) is 11.8 Å². The number of hydrogen-bond acceptors (Lipinski definition) is 2. The van der Waals surface area contributed by atoms with Gasteiger partial charge in [-0.1, -0.05) is 35.9 Å². The van der Waals surface area contributed by atoms with E-state index in [4.69, 9.17) is 11.6 Å². The molecule has 2 amide bonds. The van der Waals surface area contributed by atoms with Gasteiger partial charge in [-0.15, -0.1) is 0 Å². The minimum absolute atomic E-state index is 0.101. The molecule has 0 saturated carbocycles. The standard InChI is InChI=1S/C18H17ClN2O2/c19-14-9-7-13(8-10-14)12-17(22)20-15-4-1-2-5-16(15)21-11-3-6-18(21)23/h1-2,4-5,7-10H,3,6,11-12H2,(H,20,22). The Labute approximate surface area is 140 Å². The molecule has 1 heterocycles. The second-order valence-electron chi connectivity index (χ2n) is 5.52. The van der Waals surface area contributed by atoms with Gasteiger partial charge in [-0.3, -0.25) is 9.59 Å². The maximum absolute atomic E-state index is 12.3. The summed E-state index contributed by atoms with van der Waals surface area (Å²) in [6, 6.07) is 14.6. The molecule has 1 aliphatic rings. The first-order chi connectivity index (χ1) is 11.1. The Hall–Kier alpha value is -2.33. The second kappa shape index (κ2) is 6.84. The molecule has 0 aliphatic carbocycles. The quantitative estimate of drug-likeness (QED) is 0.931. The molecule has 0 radical (unpaired) electrons. The van der Waals surface area contributed by atoms with Gasteiger partial charge in [0.05, 0.1) is 17.8 Å². The molecule has 1 saturated heterocycles. The third kappa shape index (κ3) is 3.71. The van der Waals surface area contributed by atoms with Crippen molar-refractivity contribution in [3.05, 3.63) is 59.1 Å². The number of anilines is 2. The van der Waals surface area contributed by atoms with E-state index in [1.54, 1.807) is 17.0 Å². The fraction of sp³-hybridized carbons (Fsp3) is 0.222. The molecule has 5 heteroatoms. The van der Waals surface area contributed by atoms with Gasteiger partial charge < -0.3 is 10.2 Å². The predicted octanol–water partition coefficient (Wildman–Crippen LogP) is 3.65. The highest BCUT2D eigenvalue weighted by molar-refractivity contribution is 6.30. The van der Waals surface area contributed by atoms with Gasteiger partial charge in [-0.05, 0) is 36.2 Å². The van der Waals surface area contributed by atoms with Crippen LogP contribution in [0.1, 0.15) is 18.4 Å². The summed E-state index contributed by atoms with van der Waals surface area (Å²) in [6.07, 6.45) is 1.68. The minimum Gasteiger partial charge on any atom is -0.324 e. The summed E-state index contributed by atoms with van der Waals surface area (Å²) in [4.78, 5) is 25.9. The summed E-state index contributed by atoms with van der Waals surface area (Å²) in [6.45, 7) is 0.697. The number of nitrogens with one attached hydrogen (secondary N) is 1. The van der Waals surface area contributed by atoms with E-state index in [0.717, 1.165) is 17.7 Å². The van der Waals surface area contributed by atoms with Crippen LogP contribution in [0.4, 0.5) is 11.4 Å². The highest BCUT2D eigenvalue weighted by Crippen LogP contribution is 2.29. The number of rotatable bonds is 4. The maximum Gasteiger partial charge on any atom is 0.228 e. The van der Waals surface area contributed by atoms with E-state index >= 15 is 0 Å². The molecule has 118 valence electrons. The van der Waals surface area contributed by atoms with Gasteiger partial charge in [0.25, 0.3) is 0 Å². The van der Waals surface area contributed by atoms with E-state index in [2.05, 4.69) is 5.32 Å². The SMILES string of the molecule is O=C(Cc1ccc(Cl)cc1)Nc1ccccc1N1CCCC1=O. The molecule has 23 heavy (non-hydrogen) atoms. The third-order valence-corrected chi connectivity index (χ3v) is 4.07. The van der Waals surface area contributed by atoms with E-state index in [1.807, 2.05) is 36.4 Å². The van der Waals surface area contributed by atoms with Crippen LogP contribution in [0.5, 0.6) is 0 Å². The lowest BCUT2D eigenvalue weighted by Crippen LogP contribution is -2.25. The molecular formula is C18H17ClN2O2. The number of amides is 2. The normalized spacial score (nSPS) is 14.1. The van der Waals surface area contributed by atoms with Crippen molar-refractivity contribution in [2.75, 3.05) is 16.8 Å². The first-order valence-corrected chi connectivity index (χ1v) is 7.95. The number of halogens is 1. The number of nitrogens with zero attached hydrogens (tertiary/aromatic N) is 1. The monoisotopic (exact) mass is 328 g/mol. The zero-order valence-corrected chi connectivity index (χ0v) is 13.3. The molecule has 3 rings (SSSR count). The topological polar surface area (TPSA) is 49.4 Å². The number of carbonyl (C=O) groups excluding carboxylic acids is 2. The smallest absolute Gasteiger partial charge is 0.228 e. The molecule has 1 N–H and O–H groups in total. The van der Waals surface area contributed by atoms with E-state index in [9.17, 15) is 9.59 Å². The lowest BCUT2D eigenvalue weighted by Gasteiger charge is -2.20. The van der Waals surface area contributed by atoms with Crippen molar-refractivity contribution in [3.8, 4) is 0 Å². The fourth-order valence-electron chi connectivity index (χ4n) is 2.70. The van der Waals surface area contributed by atoms with Gasteiger partial charge in [-0.25, -0.2) is 0 Å². The van der Waals surface area contributed by atoms with E-state index in [-0.39, 0.29) is 18.2 Å². The predicted molar refractivity (Wildman–Crippen MR) is 91.8 cm³/mol. The number of carbonyl (C=O) groups is 2. The Morgan fingerprint density at radius 1 is 1.13 bits per heavy atom. The van der Waals surface area contributed by atoms with Crippen LogP contribution >= 0.6 is 11.6 Å². The first-order valence-electron chi connectivity index (χ1n) is 7.57. The highest BCUT2D eigenvalue weighted by Gasteiger charge is 2.24. The Kier molecular flexibility index (Phi) is 4.63. The zero-order valence-electron chi connectivity index (χ0n) is 12.6. The molecule has 0 bridgehead atoms. The summed E-state index contributed by atoms with van der Waals surface area (Å²) in [5.41, 5.74) is 2.32. The average Bonchev–Trinajstić information content (AvgIpc) is 2.96. The third-order valence-electron chi connectivity index (χ3n) is 3.82. The van der Waals surface area contributed by atoms with E-state index in [0.29, 0.717) is 23.7 Å². The number of benzene rings is 2. The summed E-state index contributed by atoms with van der Waals surface area (Å²) in [5.74, 6) is -0.0178. The lowest BCUT2D eigenvalue weighted by molar-refractivity contribution is -0.117. The molecule has 0 unspecified atom stereocenters. The van der Waals surface area contributed by atoms with Crippen molar-refractivity contribution >= 4 is 34.8 Å². The highest BCUT2D eigenvalue weighted by atomic mass is 35.5. The van der Waals surface area contributed by atoms with Gasteiger partial charge in [-0.2, -0.15) is 0 Å². The van der Waals surface area contributed by atoms with E-state index in [1.165, 1.54) is 0 Å². The maximum atomic E-state index is 12.3. The van der Waals surface area contributed by atoms with Crippen molar-refractivity contribution in [3.63, 3.8) is 0 Å². The molecule has 1 fully saturated rings. The average molecular weight is 329 g/mol. The molecule has 0 spiro atoms. The minimum atomic E-state index is -0.119. The molecular weight excluding hydrogens is 312 g/mol. The second-order valence-corrected chi connectivity index (χ2v) is 5.95. The van der Waals surface area contributed by atoms with Crippen LogP contribution in [-0.2, 0) is 16.0 Å². The number of hydrogen-bond donors (Lipinski definition) is 1. The Balaban J connectivity index is 1.73. The number of para-hydroxylation sites is 2. The van der Waals surface area contributed by atoms with Crippen molar-refractivity contribution in [2.24, 2.45) is 0 Å². The molecule has 4 nitrogen and oxygen atoms in total. The first kappa shape index (κ1) is 15.6. The fourth-order valence-corrected chi connectivity index (χ4v) is 2.83. The van der Waals surface area contributed by atoms with Crippen LogP contribution in [0.2, 0.25) is 5.02 Å². The Morgan fingerprint density at radius 3 is 2.57 bits per heavy atom. The summed E-state index contributed by atoms with van der Waals surface area (Å²) in [5, 5.41) is 3.55. The van der Waals surface area contributed by atoms with Gasteiger partial charge in [0.15, 0.2) is 0 Å². The van der Waals surface area contributed by atoms with Crippen molar-refractivity contribution in [1.82, 2.24) is 0 Å². The largest absolute Gasteiger partial charge is 0.324 e. The van der Waals surface area contributed by atoms with Crippen molar-refractivity contribution < 1.29 is 9.59 Å². The summed E-state index contributed by atoms with van der Waals surface area (Å²) < 4.78 is 0. The Morgan fingerprint density at radius 2 is 1.87 bits per heavy atom.